The number of aromatic nitrogens is 3. The molecule has 1 fully saturated rings. The van der Waals surface area contributed by atoms with Gasteiger partial charge in [0.1, 0.15) is 0 Å². The fourth-order valence-electron chi connectivity index (χ4n) is 3.05. The van der Waals surface area contributed by atoms with Crippen LogP contribution in [0.4, 0.5) is 5.69 Å². The van der Waals surface area contributed by atoms with Crippen LogP contribution in [0.25, 0.3) is 0 Å². The number of aryl methyl sites for hydroxylation is 1. The summed E-state index contributed by atoms with van der Waals surface area (Å²) in [5.41, 5.74) is 1.86. The van der Waals surface area contributed by atoms with Gasteiger partial charge in [-0.05, 0) is 49.8 Å². The molecule has 1 atom stereocenters. The summed E-state index contributed by atoms with van der Waals surface area (Å²) in [4.78, 5) is 26.5. The topological polar surface area (TPSA) is 83.0 Å². The van der Waals surface area contributed by atoms with Gasteiger partial charge in [0, 0.05) is 29.7 Å². The number of benzene rings is 1. The second-order valence-corrected chi connectivity index (χ2v) is 7.49. The Balaban J connectivity index is 1.65. The Kier molecular flexibility index (Phi) is 5.57. The van der Waals surface area contributed by atoms with Crippen LogP contribution in [0.5, 0.6) is 0 Å². The number of carbonyl (C=O) groups excluding carboxylic acids is 2. The number of anilines is 1. The maximum Gasteiger partial charge on any atom is 0.227 e. The molecule has 1 aliphatic heterocycles. The van der Waals surface area contributed by atoms with Crippen LogP contribution in [0.15, 0.2) is 22.7 Å². The zero-order valence-electron chi connectivity index (χ0n) is 14.6. The number of hydrogen-bond acceptors (Lipinski definition) is 4. The van der Waals surface area contributed by atoms with E-state index in [1.165, 1.54) is 0 Å². The maximum absolute atomic E-state index is 12.5. The Hall–Kier alpha value is -2.00. The highest BCUT2D eigenvalue weighted by atomic mass is 79.9. The molecule has 138 valence electrons. The van der Waals surface area contributed by atoms with Gasteiger partial charge in [0.15, 0.2) is 10.6 Å². The van der Waals surface area contributed by atoms with Crippen molar-refractivity contribution in [2.75, 3.05) is 11.4 Å². The maximum atomic E-state index is 12.5. The number of rotatable bonds is 5. The van der Waals surface area contributed by atoms with Gasteiger partial charge in [0.05, 0.1) is 12.5 Å². The lowest BCUT2D eigenvalue weighted by Gasteiger charge is -2.17. The van der Waals surface area contributed by atoms with E-state index in [4.69, 9.17) is 12.2 Å². The van der Waals surface area contributed by atoms with E-state index in [0.717, 1.165) is 15.7 Å². The molecule has 1 aliphatic rings. The van der Waals surface area contributed by atoms with Gasteiger partial charge in [-0.15, -0.1) is 0 Å². The van der Waals surface area contributed by atoms with E-state index in [1.807, 2.05) is 36.6 Å². The van der Waals surface area contributed by atoms with Gasteiger partial charge < -0.3 is 14.8 Å². The minimum atomic E-state index is -0.372. The molecular weight excluding hydrogens is 418 g/mol. The quantitative estimate of drug-likeness (QED) is 0.704. The first-order chi connectivity index (χ1) is 12.4. The predicted molar refractivity (Wildman–Crippen MR) is 104 cm³/mol. The number of H-pyrrole nitrogens is 1. The zero-order valence-corrected chi connectivity index (χ0v) is 17.0. The van der Waals surface area contributed by atoms with E-state index in [9.17, 15) is 9.59 Å². The SMILES string of the molecule is CCn1c(CNC(=O)C2CC(=O)N(c3ccc(Br)c(C)c3)C2)n[nH]c1=S. The van der Waals surface area contributed by atoms with E-state index in [-0.39, 0.29) is 30.7 Å². The van der Waals surface area contributed by atoms with E-state index in [0.29, 0.717) is 23.7 Å². The second-order valence-electron chi connectivity index (χ2n) is 6.25. The molecule has 9 heteroatoms. The summed E-state index contributed by atoms with van der Waals surface area (Å²) >= 11 is 8.60. The van der Waals surface area contributed by atoms with Gasteiger partial charge in [-0.1, -0.05) is 15.9 Å². The van der Waals surface area contributed by atoms with E-state index < -0.39 is 0 Å². The number of carbonyl (C=O) groups is 2. The number of amides is 2. The lowest BCUT2D eigenvalue weighted by molar-refractivity contribution is -0.126. The van der Waals surface area contributed by atoms with Crippen molar-refractivity contribution in [3.63, 3.8) is 0 Å². The van der Waals surface area contributed by atoms with Crippen molar-refractivity contribution in [2.24, 2.45) is 5.92 Å². The third-order valence-corrected chi connectivity index (χ3v) is 5.72. The van der Waals surface area contributed by atoms with Crippen LogP contribution < -0.4 is 10.2 Å². The summed E-state index contributed by atoms with van der Waals surface area (Å²) in [5.74, 6) is 0.119. The molecule has 0 bridgehead atoms. The monoisotopic (exact) mass is 437 g/mol. The van der Waals surface area contributed by atoms with Crippen molar-refractivity contribution in [1.29, 1.82) is 0 Å². The summed E-state index contributed by atoms with van der Waals surface area (Å²) in [6.07, 6.45) is 0.210. The number of halogens is 1. The van der Waals surface area contributed by atoms with Crippen molar-refractivity contribution in [2.45, 2.75) is 33.4 Å². The van der Waals surface area contributed by atoms with Gasteiger partial charge in [-0.3, -0.25) is 14.7 Å². The number of nitrogens with zero attached hydrogens (tertiary/aromatic N) is 3. The van der Waals surface area contributed by atoms with E-state index >= 15 is 0 Å². The normalized spacial score (nSPS) is 17.0. The Bertz CT molecular complexity index is 907. The molecular formula is C17H20BrN5O2S. The summed E-state index contributed by atoms with van der Waals surface area (Å²) in [6.45, 7) is 5.27. The fourth-order valence-corrected chi connectivity index (χ4v) is 3.58. The van der Waals surface area contributed by atoms with Crippen molar-refractivity contribution >= 4 is 45.6 Å². The molecule has 2 heterocycles. The second kappa shape index (κ2) is 7.71. The molecule has 0 spiro atoms. The van der Waals surface area contributed by atoms with Crippen molar-refractivity contribution in [3.8, 4) is 0 Å². The minimum Gasteiger partial charge on any atom is -0.348 e. The molecule has 3 rings (SSSR count). The summed E-state index contributed by atoms with van der Waals surface area (Å²) in [7, 11) is 0. The number of hydrogen-bond donors (Lipinski definition) is 2. The first kappa shape index (κ1) is 18.8. The molecule has 26 heavy (non-hydrogen) atoms. The largest absolute Gasteiger partial charge is 0.348 e. The average Bonchev–Trinajstić information content (AvgIpc) is 3.17. The molecule has 1 unspecified atom stereocenters. The van der Waals surface area contributed by atoms with Gasteiger partial charge in [0.2, 0.25) is 11.8 Å². The summed E-state index contributed by atoms with van der Waals surface area (Å²) in [5, 5.41) is 9.72. The van der Waals surface area contributed by atoms with Crippen LogP contribution in [0.3, 0.4) is 0 Å². The number of aromatic amines is 1. The Labute approximate surface area is 164 Å². The van der Waals surface area contributed by atoms with Crippen molar-refractivity contribution in [1.82, 2.24) is 20.1 Å². The Morgan fingerprint density at radius 2 is 2.27 bits per heavy atom. The molecule has 0 aliphatic carbocycles. The van der Waals surface area contributed by atoms with Crippen LogP contribution in [0, 0.1) is 17.6 Å². The molecule has 1 aromatic heterocycles. The standard InChI is InChI=1S/C17H20BrN5O2S/c1-3-22-14(20-21-17(22)26)8-19-16(25)11-7-15(24)23(9-11)12-4-5-13(18)10(2)6-12/h4-6,11H,3,7-9H2,1-2H3,(H,19,25)(H,21,26). The minimum absolute atomic E-state index is 0.0388. The van der Waals surface area contributed by atoms with Crippen LogP contribution in [-0.4, -0.2) is 33.1 Å². The third kappa shape index (κ3) is 3.73. The van der Waals surface area contributed by atoms with E-state index in [1.54, 1.807) is 4.90 Å². The summed E-state index contributed by atoms with van der Waals surface area (Å²) < 4.78 is 3.35. The number of nitrogens with one attached hydrogen (secondary N) is 2. The molecule has 2 aromatic rings. The first-order valence-corrected chi connectivity index (χ1v) is 9.59. The molecule has 2 N–H and O–H groups in total. The van der Waals surface area contributed by atoms with Crippen LogP contribution in [-0.2, 0) is 22.7 Å². The molecule has 0 saturated carbocycles. The first-order valence-electron chi connectivity index (χ1n) is 8.39. The highest BCUT2D eigenvalue weighted by molar-refractivity contribution is 9.10. The molecule has 0 radical (unpaired) electrons. The molecule has 2 amide bonds. The van der Waals surface area contributed by atoms with Gasteiger partial charge in [-0.2, -0.15) is 5.10 Å². The van der Waals surface area contributed by atoms with Gasteiger partial charge >= 0.3 is 0 Å². The highest BCUT2D eigenvalue weighted by Gasteiger charge is 2.35. The van der Waals surface area contributed by atoms with Gasteiger partial charge in [-0.25, -0.2) is 0 Å². The Morgan fingerprint density at radius 1 is 1.50 bits per heavy atom. The molecule has 7 nitrogen and oxygen atoms in total. The van der Waals surface area contributed by atoms with Crippen LogP contribution in [0.1, 0.15) is 24.7 Å². The highest BCUT2D eigenvalue weighted by Crippen LogP contribution is 2.28. The van der Waals surface area contributed by atoms with Crippen LogP contribution in [0.2, 0.25) is 0 Å². The average molecular weight is 438 g/mol. The zero-order chi connectivity index (χ0) is 18.8. The smallest absolute Gasteiger partial charge is 0.227 e. The molecule has 1 aromatic carbocycles. The predicted octanol–water partition coefficient (Wildman–Crippen LogP) is 2.70. The molecule has 1 saturated heterocycles. The van der Waals surface area contributed by atoms with Crippen molar-refractivity contribution in [3.05, 3.63) is 38.8 Å². The fraction of sp³-hybridized carbons (Fsp3) is 0.412. The van der Waals surface area contributed by atoms with Gasteiger partial charge in [0.25, 0.3) is 0 Å². The lowest BCUT2D eigenvalue weighted by Crippen LogP contribution is -2.33. The summed E-state index contributed by atoms with van der Waals surface area (Å²) in [6, 6.07) is 5.74. The third-order valence-electron chi connectivity index (χ3n) is 4.52. The van der Waals surface area contributed by atoms with Crippen LogP contribution >= 0.6 is 28.1 Å². The van der Waals surface area contributed by atoms with E-state index in [2.05, 4.69) is 31.4 Å². The Morgan fingerprint density at radius 3 is 2.96 bits per heavy atom. The lowest BCUT2D eigenvalue weighted by atomic mass is 10.1. The van der Waals surface area contributed by atoms with Crippen molar-refractivity contribution < 1.29 is 9.59 Å².